The zero-order chi connectivity index (χ0) is 13.5. The molecule has 1 N–H and O–H groups in total. The number of benzene rings is 1. The van der Waals surface area contributed by atoms with Crippen molar-refractivity contribution in [3.63, 3.8) is 0 Å². The first-order valence-electron chi connectivity index (χ1n) is 7.37. The van der Waals surface area contributed by atoms with E-state index in [4.69, 9.17) is 11.6 Å². The highest BCUT2D eigenvalue weighted by atomic mass is 35.5. The third kappa shape index (κ3) is 5.37. The second kappa shape index (κ2) is 8.18. The first-order valence-corrected chi connectivity index (χ1v) is 8.80. The highest BCUT2D eigenvalue weighted by Crippen LogP contribution is 2.30. The molecule has 2 rings (SSSR count). The van der Waals surface area contributed by atoms with Gasteiger partial charge in [0.1, 0.15) is 0 Å². The Morgan fingerprint density at radius 1 is 1.26 bits per heavy atom. The van der Waals surface area contributed by atoms with E-state index in [1.54, 1.807) is 0 Å². The Morgan fingerprint density at radius 2 is 1.95 bits per heavy atom. The van der Waals surface area contributed by atoms with E-state index in [9.17, 15) is 0 Å². The molecule has 1 aliphatic rings. The van der Waals surface area contributed by atoms with Crippen molar-refractivity contribution in [2.45, 2.75) is 50.3 Å². The SMILES string of the molecule is CCNC(CSC1CCCC1)Cc1ccc(Cl)cc1. The van der Waals surface area contributed by atoms with E-state index in [0.717, 1.165) is 23.2 Å². The van der Waals surface area contributed by atoms with Crippen molar-refractivity contribution in [2.75, 3.05) is 12.3 Å². The summed E-state index contributed by atoms with van der Waals surface area (Å²) in [6.45, 7) is 3.23. The van der Waals surface area contributed by atoms with Gasteiger partial charge in [-0.3, -0.25) is 0 Å². The molecule has 1 aliphatic carbocycles. The molecule has 1 fully saturated rings. The van der Waals surface area contributed by atoms with Crippen LogP contribution in [-0.4, -0.2) is 23.6 Å². The van der Waals surface area contributed by atoms with Gasteiger partial charge in [0.15, 0.2) is 0 Å². The van der Waals surface area contributed by atoms with Gasteiger partial charge in [-0.2, -0.15) is 11.8 Å². The second-order valence-corrected chi connectivity index (χ2v) is 7.09. The predicted octanol–water partition coefficient (Wildman–Crippen LogP) is 4.54. The molecule has 0 aliphatic heterocycles. The third-order valence-corrected chi connectivity index (χ3v) is 5.51. The Morgan fingerprint density at radius 3 is 2.58 bits per heavy atom. The lowest BCUT2D eigenvalue weighted by molar-refractivity contribution is 0.572. The molecule has 1 nitrogen and oxygen atoms in total. The van der Waals surface area contributed by atoms with Gasteiger partial charge >= 0.3 is 0 Å². The zero-order valence-electron chi connectivity index (χ0n) is 11.7. The number of hydrogen-bond acceptors (Lipinski definition) is 2. The summed E-state index contributed by atoms with van der Waals surface area (Å²) >= 11 is 8.10. The van der Waals surface area contributed by atoms with Crippen LogP contribution in [0.4, 0.5) is 0 Å². The minimum absolute atomic E-state index is 0.580. The van der Waals surface area contributed by atoms with Crippen molar-refractivity contribution in [1.82, 2.24) is 5.32 Å². The van der Waals surface area contributed by atoms with Crippen LogP contribution >= 0.6 is 23.4 Å². The van der Waals surface area contributed by atoms with Gasteiger partial charge in [0.25, 0.3) is 0 Å². The van der Waals surface area contributed by atoms with E-state index in [1.165, 1.54) is 37.0 Å². The van der Waals surface area contributed by atoms with Crippen molar-refractivity contribution in [2.24, 2.45) is 0 Å². The molecule has 19 heavy (non-hydrogen) atoms. The van der Waals surface area contributed by atoms with Gasteiger partial charge in [-0.25, -0.2) is 0 Å². The van der Waals surface area contributed by atoms with Gasteiger partial charge in [-0.1, -0.05) is 43.5 Å². The van der Waals surface area contributed by atoms with Crippen molar-refractivity contribution < 1.29 is 0 Å². The minimum atomic E-state index is 0.580. The highest BCUT2D eigenvalue weighted by molar-refractivity contribution is 7.99. The summed E-state index contributed by atoms with van der Waals surface area (Å²) < 4.78 is 0. The maximum Gasteiger partial charge on any atom is 0.0406 e. The fourth-order valence-electron chi connectivity index (χ4n) is 2.69. The summed E-state index contributed by atoms with van der Waals surface area (Å²) in [5.41, 5.74) is 1.38. The molecule has 3 heteroatoms. The van der Waals surface area contributed by atoms with Crippen LogP contribution < -0.4 is 5.32 Å². The molecule has 0 bridgehead atoms. The van der Waals surface area contributed by atoms with Gasteiger partial charge in [0.05, 0.1) is 0 Å². The van der Waals surface area contributed by atoms with Crippen LogP contribution in [0.1, 0.15) is 38.2 Å². The number of halogens is 1. The molecule has 1 aromatic carbocycles. The molecule has 0 spiro atoms. The first kappa shape index (κ1) is 15.2. The quantitative estimate of drug-likeness (QED) is 0.793. The number of rotatable bonds is 7. The Labute approximate surface area is 126 Å². The van der Waals surface area contributed by atoms with E-state index < -0.39 is 0 Å². The lowest BCUT2D eigenvalue weighted by atomic mass is 10.1. The summed E-state index contributed by atoms with van der Waals surface area (Å²) in [7, 11) is 0. The van der Waals surface area contributed by atoms with E-state index in [2.05, 4.69) is 36.1 Å². The lowest BCUT2D eigenvalue weighted by Gasteiger charge is -2.19. The number of nitrogens with one attached hydrogen (secondary N) is 1. The maximum absolute atomic E-state index is 5.94. The van der Waals surface area contributed by atoms with Crippen LogP contribution in [-0.2, 0) is 6.42 Å². The molecule has 0 heterocycles. The molecule has 1 saturated carbocycles. The summed E-state index contributed by atoms with van der Waals surface area (Å²) in [5, 5.41) is 5.35. The largest absolute Gasteiger partial charge is 0.313 e. The summed E-state index contributed by atoms with van der Waals surface area (Å²) in [6.07, 6.45) is 6.81. The van der Waals surface area contributed by atoms with E-state index >= 15 is 0 Å². The summed E-state index contributed by atoms with van der Waals surface area (Å²) in [5.74, 6) is 1.22. The Kier molecular flexibility index (Phi) is 6.55. The van der Waals surface area contributed by atoms with Gasteiger partial charge in [-0.15, -0.1) is 0 Å². The molecule has 0 aromatic heterocycles. The maximum atomic E-state index is 5.94. The Bertz CT molecular complexity index is 360. The molecular weight excluding hydrogens is 274 g/mol. The normalized spacial score (nSPS) is 17.8. The van der Waals surface area contributed by atoms with Gasteiger partial charge in [-0.05, 0) is 43.5 Å². The number of thioether (sulfide) groups is 1. The topological polar surface area (TPSA) is 12.0 Å². The Balaban J connectivity index is 1.82. The molecule has 1 unspecified atom stereocenters. The van der Waals surface area contributed by atoms with Crippen molar-refractivity contribution in [3.05, 3.63) is 34.9 Å². The lowest BCUT2D eigenvalue weighted by Crippen LogP contribution is -2.33. The summed E-state index contributed by atoms with van der Waals surface area (Å²) in [6, 6.07) is 8.85. The molecular formula is C16H24ClNS. The molecule has 0 amide bonds. The van der Waals surface area contributed by atoms with Crippen LogP contribution in [0.5, 0.6) is 0 Å². The van der Waals surface area contributed by atoms with Crippen LogP contribution in [0, 0.1) is 0 Å². The molecule has 106 valence electrons. The smallest absolute Gasteiger partial charge is 0.0406 e. The second-order valence-electron chi connectivity index (χ2n) is 5.32. The minimum Gasteiger partial charge on any atom is -0.313 e. The fourth-order valence-corrected chi connectivity index (χ4v) is 4.22. The van der Waals surface area contributed by atoms with Gasteiger partial charge in [0, 0.05) is 22.1 Å². The van der Waals surface area contributed by atoms with E-state index in [-0.39, 0.29) is 0 Å². The fraction of sp³-hybridized carbons (Fsp3) is 0.625. The highest BCUT2D eigenvalue weighted by Gasteiger charge is 2.17. The average molecular weight is 298 g/mol. The Hall–Kier alpha value is -0.180. The van der Waals surface area contributed by atoms with Crippen LogP contribution in [0.15, 0.2) is 24.3 Å². The van der Waals surface area contributed by atoms with Crippen molar-refractivity contribution in [1.29, 1.82) is 0 Å². The van der Waals surface area contributed by atoms with Gasteiger partial charge in [0.2, 0.25) is 0 Å². The van der Waals surface area contributed by atoms with Crippen LogP contribution in [0.2, 0.25) is 5.02 Å². The van der Waals surface area contributed by atoms with Crippen LogP contribution in [0.3, 0.4) is 0 Å². The monoisotopic (exact) mass is 297 g/mol. The van der Waals surface area contributed by atoms with Crippen LogP contribution in [0.25, 0.3) is 0 Å². The van der Waals surface area contributed by atoms with Gasteiger partial charge < -0.3 is 5.32 Å². The summed E-state index contributed by atoms with van der Waals surface area (Å²) in [4.78, 5) is 0. The molecule has 1 atom stereocenters. The predicted molar refractivity (Wildman–Crippen MR) is 87.3 cm³/mol. The number of hydrogen-bond donors (Lipinski definition) is 1. The standard InChI is InChI=1S/C16H24ClNS/c1-2-18-15(12-19-16-5-3-4-6-16)11-13-7-9-14(17)10-8-13/h7-10,15-16,18H,2-6,11-12H2,1H3. The average Bonchev–Trinajstić information content (AvgIpc) is 2.92. The van der Waals surface area contributed by atoms with Crippen molar-refractivity contribution in [3.8, 4) is 0 Å². The first-order chi connectivity index (χ1) is 9.28. The molecule has 1 aromatic rings. The van der Waals surface area contributed by atoms with Crippen molar-refractivity contribution >= 4 is 23.4 Å². The third-order valence-electron chi connectivity index (χ3n) is 3.72. The molecule has 0 saturated heterocycles. The number of likely N-dealkylation sites (N-methyl/N-ethyl adjacent to an activating group) is 1. The van der Waals surface area contributed by atoms with E-state index in [1.807, 2.05) is 12.1 Å². The van der Waals surface area contributed by atoms with E-state index in [0.29, 0.717) is 6.04 Å². The molecule has 0 radical (unpaired) electrons. The zero-order valence-corrected chi connectivity index (χ0v) is 13.3.